The van der Waals surface area contributed by atoms with E-state index in [1.807, 2.05) is 0 Å². The van der Waals surface area contributed by atoms with Gasteiger partial charge in [0.1, 0.15) is 0 Å². The lowest BCUT2D eigenvalue weighted by molar-refractivity contribution is 0.336. The molecule has 0 nitrogen and oxygen atoms in total. The van der Waals surface area contributed by atoms with Crippen molar-refractivity contribution in [3.8, 4) is 0 Å². The summed E-state index contributed by atoms with van der Waals surface area (Å²) in [5, 5.41) is 0. The lowest BCUT2D eigenvalue weighted by Gasteiger charge is -2.28. The molecule has 68 valence electrons. The second kappa shape index (κ2) is 4.52. The van der Waals surface area contributed by atoms with Gasteiger partial charge in [0.25, 0.3) is 0 Å². The van der Waals surface area contributed by atoms with Crippen molar-refractivity contribution in [2.45, 2.75) is 46.0 Å². The molecule has 0 heterocycles. The Hall–Kier alpha value is -0.480. The van der Waals surface area contributed by atoms with Crippen molar-refractivity contribution < 1.29 is 0 Å². The van der Waals surface area contributed by atoms with Crippen molar-refractivity contribution in [1.82, 2.24) is 0 Å². The third-order valence-corrected chi connectivity index (χ3v) is 3.22. The van der Waals surface area contributed by atoms with Crippen LogP contribution in [0.25, 0.3) is 0 Å². The van der Waals surface area contributed by atoms with Crippen LogP contribution in [0.3, 0.4) is 0 Å². The Labute approximate surface area is 76.4 Å². The van der Waals surface area contributed by atoms with E-state index in [1.54, 1.807) is 0 Å². The molecule has 0 amide bonds. The highest BCUT2D eigenvalue weighted by Crippen LogP contribution is 2.35. The number of allylic oxidation sites excluding steroid dienone is 1. The van der Waals surface area contributed by atoms with Crippen LogP contribution in [-0.4, -0.2) is 0 Å². The van der Waals surface area contributed by atoms with E-state index in [0.29, 0.717) is 0 Å². The van der Waals surface area contributed by atoms with Gasteiger partial charge in [0.05, 0.1) is 0 Å². The predicted molar refractivity (Wildman–Crippen MR) is 54.1 cm³/mol. The Kier molecular flexibility index (Phi) is 3.62. The average Bonchev–Trinajstić information content (AvgIpc) is 2.16. The standard InChI is InChI=1S/C12H20/c1-4-10-7-8-11(5-2)12(6-3)9-10/h10-11H,3-5,7-9H2,1-2H3. The van der Waals surface area contributed by atoms with Crippen LogP contribution in [0.4, 0.5) is 0 Å². The summed E-state index contributed by atoms with van der Waals surface area (Å²) in [5.74, 6) is 1.71. The molecule has 0 aliphatic heterocycles. The molecule has 0 spiro atoms. The topological polar surface area (TPSA) is 0 Å². The second-order valence-corrected chi connectivity index (χ2v) is 3.86. The number of hydrogen-bond donors (Lipinski definition) is 0. The molecule has 2 atom stereocenters. The maximum atomic E-state index is 3.79. The minimum atomic E-state index is 0.797. The summed E-state index contributed by atoms with van der Waals surface area (Å²) >= 11 is 0. The summed E-state index contributed by atoms with van der Waals surface area (Å²) < 4.78 is 0. The van der Waals surface area contributed by atoms with Crippen molar-refractivity contribution in [2.75, 3.05) is 0 Å². The molecule has 1 saturated carbocycles. The lowest BCUT2D eigenvalue weighted by atomic mass is 9.76. The van der Waals surface area contributed by atoms with Crippen LogP contribution < -0.4 is 0 Å². The number of hydrogen-bond acceptors (Lipinski definition) is 0. The van der Waals surface area contributed by atoms with Gasteiger partial charge in [-0.1, -0.05) is 26.8 Å². The fraction of sp³-hybridized carbons (Fsp3) is 0.750. The van der Waals surface area contributed by atoms with Crippen LogP contribution in [0.5, 0.6) is 0 Å². The molecule has 12 heavy (non-hydrogen) atoms. The molecular weight excluding hydrogens is 144 g/mol. The van der Waals surface area contributed by atoms with Gasteiger partial charge in [0, 0.05) is 0 Å². The first-order chi connectivity index (χ1) is 5.81. The van der Waals surface area contributed by atoms with Crippen molar-refractivity contribution in [3.63, 3.8) is 0 Å². The molecule has 1 aliphatic carbocycles. The Bertz CT molecular complexity index is 184. The summed E-state index contributed by atoms with van der Waals surface area (Å²) in [5.41, 5.74) is 4.63. The molecule has 0 heteroatoms. The van der Waals surface area contributed by atoms with Gasteiger partial charge in [-0.3, -0.25) is 0 Å². The van der Waals surface area contributed by atoms with E-state index >= 15 is 0 Å². The van der Waals surface area contributed by atoms with Crippen LogP contribution in [-0.2, 0) is 0 Å². The highest BCUT2D eigenvalue weighted by molar-refractivity contribution is 5.08. The van der Waals surface area contributed by atoms with Gasteiger partial charge in [-0.15, -0.1) is 5.73 Å². The first kappa shape index (κ1) is 9.61. The van der Waals surface area contributed by atoms with E-state index in [0.717, 1.165) is 11.8 Å². The van der Waals surface area contributed by atoms with Gasteiger partial charge in [-0.05, 0) is 43.1 Å². The molecule has 1 aliphatic rings. The molecule has 0 N–H and O–H groups in total. The highest BCUT2D eigenvalue weighted by Gasteiger charge is 2.22. The molecule has 0 aromatic rings. The molecule has 1 rings (SSSR count). The fourth-order valence-corrected chi connectivity index (χ4v) is 2.21. The molecular formula is C12H20. The van der Waals surface area contributed by atoms with E-state index in [2.05, 4.69) is 26.2 Å². The average molecular weight is 164 g/mol. The predicted octanol–water partition coefficient (Wildman–Crippen LogP) is 3.93. The zero-order valence-electron chi connectivity index (χ0n) is 8.40. The van der Waals surface area contributed by atoms with E-state index in [9.17, 15) is 0 Å². The first-order valence-corrected chi connectivity index (χ1v) is 5.20. The van der Waals surface area contributed by atoms with Gasteiger partial charge in [-0.2, -0.15) is 0 Å². The number of rotatable bonds is 2. The quantitative estimate of drug-likeness (QED) is 0.542. The Morgan fingerprint density at radius 3 is 2.58 bits per heavy atom. The normalized spacial score (nSPS) is 30.0. The monoisotopic (exact) mass is 164 g/mol. The van der Waals surface area contributed by atoms with Crippen LogP contribution in [0.1, 0.15) is 46.0 Å². The summed E-state index contributed by atoms with van der Waals surface area (Å²) in [7, 11) is 0. The third-order valence-electron chi connectivity index (χ3n) is 3.22. The molecule has 0 saturated heterocycles. The second-order valence-electron chi connectivity index (χ2n) is 3.86. The fourth-order valence-electron chi connectivity index (χ4n) is 2.21. The van der Waals surface area contributed by atoms with E-state index < -0.39 is 0 Å². The summed E-state index contributed by atoms with van der Waals surface area (Å²) in [6.45, 7) is 8.35. The molecule has 2 unspecified atom stereocenters. The van der Waals surface area contributed by atoms with Gasteiger partial charge in [0.15, 0.2) is 0 Å². The molecule has 0 aromatic heterocycles. The summed E-state index contributed by atoms with van der Waals surface area (Å²) in [6.07, 6.45) is 6.64. The molecule has 0 aromatic carbocycles. The largest absolute Gasteiger partial charge is 0.129 e. The van der Waals surface area contributed by atoms with Crippen molar-refractivity contribution in [2.24, 2.45) is 11.8 Å². The zero-order chi connectivity index (χ0) is 8.97. The molecule has 0 bridgehead atoms. The SMILES string of the molecule is C=C=C1CC(CC)CCC1CC. The lowest BCUT2D eigenvalue weighted by Crippen LogP contribution is -2.15. The van der Waals surface area contributed by atoms with Gasteiger partial charge in [0.2, 0.25) is 0 Å². The summed E-state index contributed by atoms with van der Waals surface area (Å²) in [6, 6.07) is 0. The van der Waals surface area contributed by atoms with E-state index in [1.165, 1.54) is 37.7 Å². The smallest absolute Gasteiger partial charge is 0.0130 e. The minimum absolute atomic E-state index is 0.797. The van der Waals surface area contributed by atoms with Crippen LogP contribution in [0.15, 0.2) is 17.9 Å². The first-order valence-electron chi connectivity index (χ1n) is 5.20. The Morgan fingerprint density at radius 1 is 1.33 bits per heavy atom. The van der Waals surface area contributed by atoms with Crippen molar-refractivity contribution >= 4 is 0 Å². The molecule has 1 fully saturated rings. The van der Waals surface area contributed by atoms with Gasteiger partial charge in [-0.25, -0.2) is 0 Å². The maximum Gasteiger partial charge on any atom is -0.0130 e. The van der Waals surface area contributed by atoms with Crippen molar-refractivity contribution in [1.29, 1.82) is 0 Å². The highest BCUT2D eigenvalue weighted by atomic mass is 14.3. The third kappa shape index (κ3) is 2.01. The van der Waals surface area contributed by atoms with Crippen LogP contribution >= 0.6 is 0 Å². The Balaban J connectivity index is 2.60. The van der Waals surface area contributed by atoms with Crippen LogP contribution in [0, 0.1) is 11.8 Å². The van der Waals surface area contributed by atoms with Crippen LogP contribution in [0.2, 0.25) is 0 Å². The van der Waals surface area contributed by atoms with Gasteiger partial charge < -0.3 is 0 Å². The van der Waals surface area contributed by atoms with E-state index in [4.69, 9.17) is 0 Å². The van der Waals surface area contributed by atoms with Gasteiger partial charge >= 0.3 is 0 Å². The molecule has 0 radical (unpaired) electrons. The van der Waals surface area contributed by atoms with E-state index in [-0.39, 0.29) is 0 Å². The van der Waals surface area contributed by atoms with Crippen molar-refractivity contribution in [3.05, 3.63) is 17.9 Å². The Morgan fingerprint density at radius 2 is 2.08 bits per heavy atom. The summed E-state index contributed by atoms with van der Waals surface area (Å²) in [4.78, 5) is 0. The zero-order valence-corrected chi connectivity index (χ0v) is 8.40. The maximum absolute atomic E-state index is 3.79. The minimum Gasteiger partial charge on any atom is -0.129 e.